The van der Waals surface area contributed by atoms with Crippen molar-refractivity contribution < 1.29 is 4.74 Å². The lowest BCUT2D eigenvalue weighted by atomic mass is 10.3. The van der Waals surface area contributed by atoms with E-state index in [4.69, 9.17) is 0 Å². The molecule has 0 unspecified atom stereocenters. The Balaban J connectivity index is 2.15. The molecule has 0 bridgehead atoms. The molecular formula is C5H9N4O. The van der Waals surface area contributed by atoms with Crippen molar-refractivity contribution in [2.75, 3.05) is 6.61 Å². The zero-order chi connectivity index (χ0) is 7.23. The number of nitrogens with one attached hydrogen (secondary N) is 1. The second-order valence-electron chi connectivity index (χ2n) is 1.86. The Morgan fingerprint density at radius 3 is 3.10 bits per heavy atom. The average Bonchev–Trinajstić information content (AvgIpc) is 2.41. The van der Waals surface area contributed by atoms with Crippen molar-refractivity contribution in [3.05, 3.63) is 12.9 Å². The van der Waals surface area contributed by atoms with Crippen LogP contribution in [0.5, 0.6) is 0 Å². The molecule has 1 aromatic heterocycles. The fourth-order valence-electron chi connectivity index (χ4n) is 0.626. The molecule has 0 aromatic carbocycles. The van der Waals surface area contributed by atoms with E-state index < -0.39 is 0 Å². The summed E-state index contributed by atoms with van der Waals surface area (Å²) in [5, 5.41) is 13.2. The monoisotopic (exact) mass is 141 g/mol. The van der Waals surface area contributed by atoms with Crippen LogP contribution in [-0.4, -0.2) is 27.2 Å². The van der Waals surface area contributed by atoms with Crippen LogP contribution in [0.4, 0.5) is 0 Å². The van der Waals surface area contributed by atoms with Crippen molar-refractivity contribution in [1.29, 1.82) is 0 Å². The minimum Gasteiger partial charge on any atom is -0.379 e. The third kappa shape index (κ3) is 2.10. The summed E-state index contributed by atoms with van der Waals surface area (Å²) in [6.45, 7) is 0.640. The molecule has 0 aliphatic heterocycles. The summed E-state index contributed by atoms with van der Waals surface area (Å²) in [5.74, 6) is 0.789. The molecule has 1 N–H and O–H groups in total. The van der Waals surface area contributed by atoms with E-state index in [1.165, 1.54) is 0 Å². The van der Waals surface area contributed by atoms with E-state index >= 15 is 0 Å². The standard InChI is InChI=1S/C5H9N4O/c1-10-4-2-3-5-6-8-9-7-5/h1-4H2,(H,6,7,8,9). The summed E-state index contributed by atoms with van der Waals surface area (Å²) in [6, 6.07) is 0. The van der Waals surface area contributed by atoms with E-state index in [1.807, 2.05) is 0 Å². The van der Waals surface area contributed by atoms with E-state index in [2.05, 4.69) is 32.5 Å². The normalized spacial score (nSPS) is 10.1. The summed E-state index contributed by atoms with van der Waals surface area (Å²) >= 11 is 0. The van der Waals surface area contributed by atoms with Crippen molar-refractivity contribution in [3.8, 4) is 0 Å². The van der Waals surface area contributed by atoms with Crippen molar-refractivity contribution in [2.24, 2.45) is 0 Å². The number of rotatable bonds is 4. The van der Waals surface area contributed by atoms with Gasteiger partial charge in [-0.05, 0) is 16.8 Å². The van der Waals surface area contributed by atoms with Gasteiger partial charge in [-0.2, -0.15) is 0 Å². The molecule has 10 heavy (non-hydrogen) atoms. The average molecular weight is 141 g/mol. The van der Waals surface area contributed by atoms with E-state index in [0.29, 0.717) is 6.61 Å². The van der Waals surface area contributed by atoms with Crippen molar-refractivity contribution in [2.45, 2.75) is 12.8 Å². The lowest BCUT2D eigenvalue weighted by Crippen LogP contribution is -1.93. The molecule has 0 saturated carbocycles. The largest absolute Gasteiger partial charge is 0.379 e. The molecule has 0 aliphatic carbocycles. The fraction of sp³-hybridized carbons (Fsp3) is 0.600. The van der Waals surface area contributed by atoms with Gasteiger partial charge in [0.05, 0.1) is 7.11 Å². The number of hydrogen-bond acceptors (Lipinski definition) is 4. The van der Waals surface area contributed by atoms with Crippen LogP contribution in [0.15, 0.2) is 0 Å². The minimum absolute atomic E-state index is 0.640. The molecule has 55 valence electrons. The van der Waals surface area contributed by atoms with Gasteiger partial charge in [0.15, 0.2) is 0 Å². The van der Waals surface area contributed by atoms with Crippen LogP contribution in [0.3, 0.4) is 0 Å². The molecule has 0 amide bonds. The molecule has 0 saturated heterocycles. The maximum absolute atomic E-state index is 4.61. The molecule has 1 heterocycles. The summed E-state index contributed by atoms with van der Waals surface area (Å²) in [5.41, 5.74) is 0. The Hall–Kier alpha value is -0.970. The minimum atomic E-state index is 0.640. The van der Waals surface area contributed by atoms with E-state index in [9.17, 15) is 0 Å². The Kier molecular flexibility index (Phi) is 2.82. The number of ether oxygens (including phenoxy) is 1. The highest BCUT2D eigenvalue weighted by molar-refractivity contribution is 4.74. The molecular weight excluding hydrogens is 132 g/mol. The van der Waals surface area contributed by atoms with Gasteiger partial charge in [0.1, 0.15) is 5.82 Å². The van der Waals surface area contributed by atoms with Crippen LogP contribution in [0.2, 0.25) is 0 Å². The maximum Gasteiger partial charge on any atom is 0.148 e. The van der Waals surface area contributed by atoms with Crippen LogP contribution in [0.1, 0.15) is 12.2 Å². The lowest BCUT2D eigenvalue weighted by molar-refractivity contribution is 0.237. The number of nitrogens with zero attached hydrogens (tertiary/aromatic N) is 3. The van der Waals surface area contributed by atoms with Gasteiger partial charge in [-0.25, -0.2) is 5.10 Å². The molecule has 5 nitrogen and oxygen atoms in total. The Morgan fingerprint density at radius 1 is 1.60 bits per heavy atom. The van der Waals surface area contributed by atoms with Crippen LogP contribution < -0.4 is 0 Å². The SMILES string of the molecule is [CH2]OCCCc1nnn[nH]1. The summed E-state index contributed by atoms with van der Waals surface area (Å²) in [4.78, 5) is 0. The smallest absolute Gasteiger partial charge is 0.148 e. The lowest BCUT2D eigenvalue weighted by Gasteiger charge is -1.92. The second kappa shape index (κ2) is 3.94. The number of aromatic nitrogens is 4. The number of aromatic amines is 1. The zero-order valence-electron chi connectivity index (χ0n) is 5.58. The highest BCUT2D eigenvalue weighted by Crippen LogP contribution is 1.91. The first kappa shape index (κ1) is 7.14. The first-order valence-corrected chi connectivity index (χ1v) is 3.03. The number of tetrazole rings is 1. The highest BCUT2D eigenvalue weighted by atomic mass is 16.5. The molecule has 0 atom stereocenters. The van der Waals surface area contributed by atoms with Gasteiger partial charge in [0.2, 0.25) is 0 Å². The first-order valence-electron chi connectivity index (χ1n) is 3.03. The van der Waals surface area contributed by atoms with Crippen molar-refractivity contribution in [1.82, 2.24) is 20.6 Å². The maximum atomic E-state index is 4.61. The molecule has 0 aliphatic rings. The topological polar surface area (TPSA) is 63.7 Å². The molecule has 0 spiro atoms. The van der Waals surface area contributed by atoms with E-state index in [1.54, 1.807) is 0 Å². The molecule has 5 heteroatoms. The summed E-state index contributed by atoms with van der Waals surface area (Å²) < 4.78 is 4.61. The summed E-state index contributed by atoms with van der Waals surface area (Å²) in [7, 11) is 3.24. The van der Waals surface area contributed by atoms with Crippen LogP contribution in [0.25, 0.3) is 0 Å². The van der Waals surface area contributed by atoms with Crippen molar-refractivity contribution >= 4 is 0 Å². The van der Waals surface area contributed by atoms with Gasteiger partial charge in [0, 0.05) is 13.0 Å². The number of hydrogen-bond donors (Lipinski definition) is 1. The molecule has 0 fully saturated rings. The van der Waals surface area contributed by atoms with Gasteiger partial charge in [0.25, 0.3) is 0 Å². The van der Waals surface area contributed by atoms with Crippen LogP contribution in [0, 0.1) is 7.11 Å². The van der Waals surface area contributed by atoms with E-state index in [-0.39, 0.29) is 0 Å². The van der Waals surface area contributed by atoms with Crippen molar-refractivity contribution in [3.63, 3.8) is 0 Å². The third-order valence-corrected chi connectivity index (χ3v) is 1.09. The summed E-state index contributed by atoms with van der Waals surface area (Å²) in [6.07, 6.45) is 1.70. The third-order valence-electron chi connectivity index (χ3n) is 1.09. The Labute approximate surface area is 58.8 Å². The highest BCUT2D eigenvalue weighted by Gasteiger charge is 1.94. The zero-order valence-corrected chi connectivity index (χ0v) is 5.58. The van der Waals surface area contributed by atoms with Crippen LogP contribution >= 0.6 is 0 Å². The van der Waals surface area contributed by atoms with Gasteiger partial charge < -0.3 is 4.74 Å². The van der Waals surface area contributed by atoms with Gasteiger partial charge in [-0.15, -0.1) is 5.10 Å². The fourth-order valence-corrected chi connectivity index (χ4v) is 0.626. The van der Waals surface area contributed by atoms with Crippen LogP contribution in [-0.2, 0) is 11.2 Å². The Bertz CT molecular complexity index is 162. The Morgan fingerprint density at radius 2 is 2.50 bits per heavy atom. The molecule has 1 radical (unpaired) electrons. The van der Waals surface area contributed by atoms with E-state index in [0.717, 1.165) is 18.7 Å². The van der Waals surface area contributed by atoms with Gasteiger partial charge >= 0.3 is 0 Å². The van der Waals surface area contributed by atoms with Gasteiger partial charge in [-0.3, -0.25) is 0 Å². The van der Waals surface area contributed by atoms with Gasteiger partial charge in [-0.1, -0.05) is 0 Å². The first-order chi connectivity index (χ1) is 4.93. The second-order valence-corrected chi connectivity index (χ2v) is 1.86. The number of aryl methyl sites for hydroxylation is 1. The predicted octanol–water partition coefficient (Wildman–Crippen LogP) is -0.0595. The predicted molar refractivity (Wildman–Crippen MR) is 33.8 cm³/mol. The molecule has 1 rings (SSSR count). The quantitative estimate of drug-likeness (QED) is 0.596. The molecule has 1 aromatic rings. The number of H-pyrrole nitrogens is 1.